The topological polar surface area (TPSA) is 99.4 Å². The summed E-state index contributed by atoms with van der Waals surface area (Å²) in [5.41, 5.74) is 0. The van der Waals surface area contributed by atoms with E-state index < -0.39 is 24.8 Å². The van der Waals surface area contributed by atoms with Gasteiger partial charge in [0.2, 0.25) is 0 Å². The molecule has 6 nitrogen and oxygen atoms in total. The highest BCUT2D eigenvalue weighted by Gasteiger charge is 2.35. The maximum atomic E-state index is 9.84. The monoisotopic (exact) mass is 306 g/mol. The van der Waals surface area contributed by atoms with Gasteiger partial charge in [-0.2, -0.15) is 0 Å². The van der Waals surface area contributed by atoms with Crippen molar-refractivity contribution < 1.29 is 29.9 Å². The van der Waals surface area contributed by atoms with Gasteiger partial charge in [-0.05, 0) is 33.1 Å². The molecule has 0 radical (unpaired) electrons. The molecule has 0 aromatic heterocycles. The second kappa shape index (κ2) is 9.71. The van der Waals surface area contributed by atoms with Crippen LogP contribution in [0, 0.1) is 0 Å². The van der Waals surface area contributed by atoms with Gasteiger partial charge in [-0.15, -0.1) is 0 Å². The third-order valence-corrected chi connectivity index (χ3v) is 3.88. The van der Waals surface area contributed by atoms with Crippen molar-refractivity contribution in [3.05, 3.63) is 0 Å². The van der Waals surface area contributed by atoms with Crippen LogP contribution in [-0.4, -0.2) is 57.4 Å². The second-order valence-corrected chi connectivity index (χ2v) is 6.00. The molecule has 1 aliphatic heterocycles. The summed E-state index contributed by atoms with van der Waals surface area (Å²) < 4.78 is 11.2. The molecule has 0 saturated carbocycles. The van der Waals surface area contributed by atoms with Crippen LogP contribution < -0.4 is 0 Å². The Labute approximate surface area is 126 Å². The van der Waals surface area contributed by atoms with E-state index in [4.69, 9.17) is 19.7 Å². The lowest BCUT2D eigenvalue weighted by atomic mass is 10.0. The Balaban J connectivity index is 2.11. The molecular weight excluding hydrogens is 276 g/mol. The van der Waals surface area contributed by atoms with E-state index in [0.717, 1.165) is 32.1 Å². The molecule has 5 atom stereocenters. The highest BCUT2D eigenvalue weighted by molar-refractivity contribution is 4.78. The Morgan fingerprint density at radius 3 is 2.29 bits per heavy atom. The van der Waals surface area contributed by atoms with E-state index in [0.29, 0.717) is 6.42 Å². The minimum absolute atomic E-state index is 0.0180. The SMILES string of the molecule is CC(CCCCCCC(O)O)OC1OC(C)C(O)CC1O. The summed E-state index contributed by atoms with van der Waals surface area (Å²) >= 11 is 0. The summed E-state index contributed by atoms with van der Waals surface area (Å²) in [7, 11) is 0. The van der Waals surface area contributed by atoms with Crippen molar-refractivity contribution in [3.8, 4) is 0 Å². The number of rotatable bonds is 9. The van der Waals surface area contributed by atoms with Gasteiger partial charge in [0.15, 0.2) is 12.6 Å². The predicted molar refractivity (Wildman–Crippen MR) is 77.4 cm³/mol. The van der Waals surface area contributed by atoms with Gasteiger partial charge in [0.05, 0.1) is 18.3 Å². The van der Waals surface area contributed by atoms with E-state index >= 15 is 0 Å². The molecule has 0 aromatic rings. The molecule has 1 rings (SSSR count). The first-order valence-corrected chi connectivity index (χ1v) is 7.93. The largest absolute Gasteiger partial charge is 0.390 e. The standard InChI is InChI=1S/C15H30O6/c1-10(7-5-3-4-6-8-14(18)19)20-15-13(17)9-12(16)11(2)21-15/h10-19H,3-9H2,1-2H3. The molecule has 0 aromatic carbocycles. The lowest BCUT2D eigenvalue weighted by Gasteiger charge is -2.36. The molecule has 1 aliphatic rings. The second-order valence-electron chi connectivity index (χ2n) is 6.00. The zero-order valence-corrected chi connectivity index (χ0v) is 13.0. The van der Waals surface area contributed by atoms with Gasteiger partial charge < -0.3 is 29.9 Å². The molecule has 21 heavy (non-hydrogen) atoms. The van der Waals surface area contributed by atoms with Crippen molar-refractivity contribution in [3.63, 3.8) is 0 Å². The Morgan fingerprint density at radius 2 is 1.67 bits per heavy atom. The molecule has 5 unspecified atom stereocenters. The van der Waals surface area contributed by atoms with Gasteiger partial charge in [-0.1, -0.05) is 19.3 Å². The van der Waals surface area contributed by atoms with Crippen LogP contribution >= 0.6 is 0 Å². The molecule has 0 bridgehead atoms. The highest BCUT2D eigenvalue weighted by Crippen LogP contribution is 2.23. The quantitative estimate of drug-likeness (QED) is 0.373. The Morgan fingerprint density at radius 1 is 1.05 bits per heavy atom. The van der Waals surface area contributed by atoms with E-state index in [2.05, 4.69) is 0 Å². The van der Waals surface area contributed by atoms with Crippen LogP contribution in [0.5, 0.6) is 0 Å². The van der Waals surface area contributed by atoms with Crippen LogP contribution in [0.3, 0.4) is 0 Å². The number of aliphatic hydroxyl groups excluding tert-OH is 3. The van der Waals surface area contributed by atoms with Crippen molar-refractivity contribution >= 4 is 0 Å². The summed E-state index contributed by atoms with van der Waals surface area (Å²) in [6, 6.07) is 0. The first-order chi connectivity index (χ1) is 9.90. The van der Waals surface area contributed by atoms with Crippen molar-refractivity contribution in [2.24, 2.45) is 0 Å². The van der Waals surface area contributed by atoms with E-state index in [1.165, 1.54) is 0 Å². The summed E-state index contributed by atoms with van der Waals surface area (Å²) in [5, 5.41) is 36.9. The summed E-state index contributed by atoms with van der Waals surface area (Å²) in [5.74, 6) is 0. The van der Waals surface area contributed by atoms with Crippen LogP contribution in [0.4, 0.5) is 0 Å². The molecule has 1 fully saturated rings. The first-order valence-electron chi connectivity index (χ1n) is 7.93. The Hall–Kier alpha value is -0.240. The van der Waals surface area contributed by atoms with Crippen LogP contribution in [0.25, 0.3) is 0 Å². The van der Waals surface area contributed by atoms with Crippen molar-refractivity contribution in [1.29, 1.82) is 0 Å². The minimum Gasteiger partial charge on any atom is -0.390 e. The summed E-state index contributed by atoms with van der Waals surface area (Å²) in [4.78, 5) is 0. The predicted octanol–water partition coefficient (Wildman–Crippen LogP) is 0.899. The van der Waals surface area contributed by atoms with E-state index in [-0.39, 0.29) is 18.6 Å². The van der Waals surface area contributed by atoms with E-state index in [1.54, 1.807) is 6.92 Å². The molecular formula is C15H30O6. The number of hydrogen-bond donors (Lipinski definition) is 4. The molecule has 0 spiro atoms. The number of unbranched alkanes of at least 4 members (excludes halogenated alkanes) is 3. The maximum absolute atomic E-state index is 9.84. The third kappa shape index (κ3) is 7.54. The number of hydrogen-bond acceptors (Lipinski definition) is 6. The first kappa shape index (κ1) is 18.8. The van der Waals surface area contributed by atoms with Gasteiger partial charge in [0, 0.05) is 6.42 Å². The van der Waals surface area contributed by atoms with Gasteiger partial charge in [0.25, 0.3) is 0 Å². The average Bonchev–Trinajstić information content (AvgIpc) is 2.39. The van der Waals surface area contributed by atoms with Crippen LogP contribution in [-0.2, 0) is 9.47 Å². The molecule has 0 aliphatic carbocycles. The fourth-order valence-corrected chi connectivity index (χ4v) is 2.48. The highest BCUT2D eigenvalue weighted by atomic mass is 16.7. The smallest absolute Gasteiger partial charge is 0.184 e. The lowest BCUT2D eigenvalue weighted by Crippen LogP contribution is -2.48. The van der Waals surface area contributed by atoms with E-state index in [1.807, 2.05) is 6.92 Å². The van der Waals surface area contributed by atoms with Gasteiger partial charge in [0.1, 0.15) is 6.10 Å². The zero-order chi connectivity index (χ0) is 15.8. The molecule has 1 heterocycles. The Bertz CT molecular complexity index is 273. The van der Waals surface area contributed by atoms with Crippen molar-refractivity contribution in [2.45, 2.75) is 95.8 Å². The summed E-state index contributed by atoms with van der Waals surface area (Å²) in [6.45, 7) is 3.72. The van der Waals surface area contributed by atoms with Gasteiger partial charge in [-0.25, -0.2) is 0 Å². The average molecular weight is 306 g/mol. The van der Waals surface area contributed by atoms with Crippen molar-refractivity contribution in [2.75, 3.05) is 0 Å². The van der Waals surface area contributed by atoms with Gasteiger partial charge >= 0.3 is 0 Å². The molecule has 4 N–H and O–H groups in total. The molecule has 0 amide bonds. The summed E-state index contributed by atoms with van der Waals surface area (Å²) in [6.07, 6.45) is 1.72. The third-order valence-electron chi connectivity index (χ3n) is 3.88. The minimum atomic E-state index is -1.20. The van der Waals surface area contributed by atoms with Crippen LogP contribution in [0.15, 0.2) is 0 Å². The van der Waals surface area contributed by atoms with Crippen LogP contribution in [0.1, 0.15) is 58.8 Å². The maximum Gasteiger partial charge on any atom is 0.184 e. The van der Waals surface area contributed by atoms with E-state index in [9.17, 15) is 10.2 Å². The molecule has 6 heteroatoms. The van der Waals surface area contributed by atoms with Crippen LogP contribution in [0.2, 0.25) is 0 Å². The Kier molecular flexibility index (Phi) is 8.70. The fourth-order valence-electron chi connectivity index (χ4n) is 2.48. The number of aliphatic hydroxyl groups is 4. The molecule has 126 valence electrons. The molecule has 1 saturated heterocycles. The van der Waals surface area contributed by atoms with Crippen molar-refractivity contribution in [1.82, 2.24) is 0 Å². The lowest BCUT2D eigenvalue weighted by molar-refractivity contribution is -0.273. The zero-order valence-electron chi connectivity index (χ0n) is 13.0. The normalized spacial score (nSPS) is 31.6. The fraction of sp³-hybridized carbons (Fsp3) is 1.00. The van der Waals surface area contributed by atoms with Gasteiger partial charge in [-0.3, -0.25) is 0 Å². The number of ether oxygens (including phenoxy) is 2.